The molecule has 2 aromatic rings. The van der Waals surface area contributed by atoms with Crippen molar-refractivity contribution in [2.75, 3.05) is 26.3 Å². The second kappa shape index (κ2) is 6.79. The molecule has 136 valence electrons. The van der Waals surface area contributed by atoms with E-state index in [4.69, 9.17) is 4.74 Å². The van der Waals surface area contributed by atoms with Gasteiger partial charge >= 0.3 is 0 Å². The summed E-state index contributed by atoms with van der Waals surface area (Å²) in [6, 6.07) is 9.98. The second-order valence-electron chi connectivity index (χ2n) is 6.31. The van der Waals surface area contributed by atoms with Crippen LogP contribution in [0.5, 0.6) is 0 Å². The maximum absolute atomic E-state index is 12.7. The summed E-state index contributed by atoms with van der Waals surface area (Å²) in [4.78, 5) is 18.9. The summed E-state index contributed by atoms with van der Waals surface area (Å²) in [6.45, 7) is 2.50. The van der Waals surface area contributed by atoms with E-state index >= 15 is 0 Å². The number of benzene rings is 1. The van der Waals surface area contributed by atoms with E-state index in [0.29, 0.717) is 45.0 Å². The fraction of sp³-hybridized carbons (Fsp3) is 0.333. The normalized spacial score (nSPS) is 17.9. The van der Waals surface area contributed by atoms with Crippen molar-refractivity contribution in [3.63, 3.8) is 0 Å². The molecule has 0 atom stereocenters. The molecule has 0 bridgehead atoms. The lowest BCUT2D eigenvalue weighted by atomic mass is 10.2. The Bertz CT molecular complexity index is 897. The predicted octanol–water partition coefficient (Wildman–Crippen LogP) is 1.26. The van der Waals surface area contributed by atoms with Crippen LogP contribution in [0.4, 0.5) is 0 Å². The zero-order valence-electron chi connectivity index (χ0n) is 14.2. The Kier molecular flexibility index (Phi) is 4.47. The van der Waals surface area contributed by atoms with Crippen LogP contribution in [-0.2, 0) is 27.8 Å². The minimum atomic E-state index is -3.55. The number of carbonyl (C=O) groups excluding carboxylic acids is 1. The van der Waals surface area contributed by atoms with Crippen LogP contribution in [0, 0.1) is 0 Å². The standard InChI is InChI=1S/C18H19N3O4S/c22-18(20-12-15-2-1-7-19-17(15)13-20)14-3-5-16(6-4-14)26(23,24)21-8-10-25-11-9-21/h1-7H,8-13H2. The van der Waals surface area contributed by atoms with Crippen LogP contribution >= 0.6 is 0 Å². The fourth-order valence-electron chi connectivity index (χ4n) is 3.23. The molecule has 1 amide bonds. The Balaban J connectivity index is 1.50. The maximum Gasteiger partial charge on any atom is 0.254 e. The van der Waals surface area contributed by atoms with Crippen LogP contribution in [-0.4, -0.2) is 54.8 Å². The van der Waals surface area contributed by atoms with E-state index in [1.807, 2.05) is 12.1 Å². The van der Waals surface area contributed by atoms with Gasteiger partial charge in [0.05, 0.1) is 30.3 Å². The first kappa shape index (κ1) is 17.1. The Morgan fingerprint density at radius 2 is 1.77 bits per heavy atom. The summed E-state index contributed by atoms with van der Waals surface area (Å²) >= 11 is 0. The highest BCUT2D eigenvalue weighted by Gasteiger charge is 2.28. The molecule has 1 fully saturated rings. The molecular formula is C18H19N3O4S. The number of aromatic nitrogens is 1. The van der Waals surface area contributed by atoms with Gasteiger partial charge in [0.25, 0.3) is 5.91 Å². The highest BCUT2D eigenvalue weighted by Crippen LogP contribution is 2.23. The molecule has 4 rings (SSSR count). The second-order valence-corrected chi connectivity index (χ2v) is 8.25. The van der Waals surface area contributed by atoms with E-state index in [1.54, 1.807) is 23.2 Å². The van der Waals surface area contributed by atoms with Gasteiger partial charge in [-0.2, -0.15) is 4.31 Å². The molecule has 0 unspecified atom stereocenters. The number of nitrogens with zero attached hydrogens (tertiary/aromatic N) is 3. The molecular weight excluding hydrogens is 354 g/mol. The molecule has 2 aliphatic rings. The predicted molar refractivity (Wildman–Crippen MR) is 93.8 cm³/mol. The molecule has 2 aliphatic heterocycles. The van der Waals surface area contributed by atoms with Gasteiger partial charge in [0.15, 0.2) is 0 Å². The summed E-state index contributed by atoms with van der Waals surface area (Å²) in [5, 5.41) is 0. The van der Waals surface area contributed by atoms with Gasteiger partial charge in [-0.25, -0.2) is 8.42 Å². The molecule has 1 aromatic carbocycles. The number of pyridine rings is 1. The van der Waals surface area contributed by atoms with Gasteiger partial charge in [-0.1, -0.05) is 6.07 Å². The van der Waals surface area contributed by atoms with Gasteiger partial charge in [-0.3, -0.25) is 9.78 Å². The number of amides is 1. The zero-order valence-corrected chi connectivity index (χ0v) is 15.0. The Labute approximate surface area is 152 Å². The van der Waals surface area contributed by atoms with Gasteiger partial charge in [-0.15, -0.1) is 0 Å². The van der Waals surface area contributed by atoms with Crippen molar-refractivity contribution < 1.29 is 17.9 Å². The van der Waals surface area contributed by atoms with Crippen LogP contribution in [0.2, 0.25) is 0 Å². The first-order valence-electron chi connectivity index (χ1n) is 8.46. The van der Waals surface area contributed by atoms with Crippen LogP contribution < -0.4 is 0 Å². The molecule has 1 saturated heterocycles. The van der Waals surface area contributed by atoms with E-state index < -0.39 is 10.0 Å². The topological polar surface area (TPSA) is 79.8 Å². The number of morpholine rings is 1. The van der Waals surface area contributed by atoms with Crippen LogP contribution in [0.25, 0.3) is 0 Å². The summed E-state index contributed by atoms with van der Waals surface area (Å²) in [5.74, 6) is -0.127. The first-order chi connectivity index (χ1) is 12.6. The number of hydrogen-bond donors (Lipinski definition) is 0. The van der Waals surface area contributed by atoms with Crippen molar-refractivity contribution in [1.82, 2.24) is 14.2 Å². The SMILES string of the molecule is O=C(c1ccc(S(=O)(=O)N2CCOCC2)cc1)N1Cc2cccnc2C1. The lowest BCUT2D eigenvalue weighted by Gasteiger charge is -2.26. The number of sulfonamides is 1. The van der Waals surface area contributed by atoms with Crippen molar-refractivity contribution in [2.24, 2.45) is 0 Å². The number of carbonyl (C=O) groups is 1. The minimum absolute atomic E-state index is 0.127. The minimum Gasteiger partial charge on any atom is -0.379 e. The van der Waals surface area contributed by atoms with E-state index in [0.717, 1.165) is 11.3 Å². The van der Waals surface area contributed by atoms with Crippen LogP contribution in [0.15, 0.2) is 47.5 Å². The maximum atomic E-state index is 12.7. The third-order valence-electron chi connectivity index (χ3n) is 4.68. The van der Waals surface area contributed by atoms with Crippen LogP contribution in [0.1, 0.15) is 21.6 Å². The lowest BCUT2D eigenvalue weighted by molar-refractivity contribution is 0.0730. The highest BCUT2D eigenvalue weighted by atomic mass is 32.2. The molecule has 1 aromatic heterocycles. The Morgan fingerprint density at radius 3 is 2.46 bits per heavy atom. The quantitative estimate of drug-likeness (QED) is 0.809. The molecule has 0 radical (unpaired) electrons. The molecule has 0 N–H and O–H groups in total. The van der Waals surface area contributed by atoms with E-state index in [2.05, 4.69) is 4.98 Å². The van der Waals surface area contributed by atoms with Gasteiger partial charge in [-0.05, 0) is 35.9 Å². The number of ether oxygens (including phenoxy) is 1. The number of hydrogen-bond acceptors (Lipinski definition) is 5. The Hall–Kier alpha value is -2.29. The van der Waals surface area contributed by atoms with E-state index in [-0.39, 0.29) is 10.8 Å². The molecule has 0 saturated carbocycles. The van der Waals surface area contributed by atoms with Gasteiger partial charge < -0.3 is 9.64 Å². The zero-order chi connectivity index (χ0) is 18.1. The van der Waals surface area contributed by atoms with Crippen molar-refractivity contribution in [1.29, 1.82) is 0 Å². The Morgan fingerprint density at radius 1 is 1.04 bits per heavy atom. The highest BCUT2D eigenvalue weighted by molar-refractivity contribution is 7.89. The molecule has 0 spiro atoms. The third kappa shape index (κ3) is 3.11. The average molecular weight is 373 g/mol. The summed E-state index contributed by atoms with van der Waals surface area (Å²) in [5.41, 5.74) is 2.43. The molecule has 8 heteroatoms. The fourth-order valence-corrected chi connectivity index (χ4v) is 4.64. The van der Waals surface area contributed by atoms with Crippen molar-refractivity contribution in [2.45, 2.75) is 18.0 Å². The molecule has 7 nitrogen and oxygen atoms in total. The van der Waals surface area contributed by atoms with Crippen molar-refractivity contribution in [3.05, 3.63) is 59.4 Å². The summed E-state index contributed by atoms with van der Waals surface area (Å²) < 4.78 is 31.9. The number of fused-ring (bicyclic) bond motifs is 1. The monoisotopic (exact) mass is 373 g/mol. The smallest absolute Gasteiger partial charge is 0.254 e. The summed E-state index contributed by atoms with van der Waals surface area (Å²) in [6.07, 6.45) is 1.72. The van der Waals surface area contributed by atoms with Crippen LogP contribution in [0.3, 0.4) is 0 Å². The number of rotatable bonds is 3. The van der Waals surface area contributed by atoms with E-state index in [1.165, 1.54) is 16.4 Å². The molecule has 26 heavy (non-hydrogen) atoms. The average Bonchev–Trinajstić information content (AvgIpc) is 3.12. The van der Waals surface area contributed by atoms with Gasteiger partial charge in [0.1, 0.15) is 0 Å². The largest absolute Gasteiger partial charge is 0.379 e. The van der Waals surface area contributed by atoms with Crippen molar-refractivity contribution in [3.8, 4) is 0 Å². The first-order valence-corrected chi connectivity index (χ1v) is 9.90. The molecule has 0 aliphatic carbocycles. The lowest BCUT2D eigenvalue weighted by Crippen LogP contribution is -2.40. The van der Waals surface area contributed by atoms with Gasteiger partial charge in [0.2, 0.25) is 10.0 Å². The van der Waals surface area contributed by atoms with Crippen molar-refractivity contribution >= 4 is 15.9 Å². The third-order valence-corrected chi connectivity index (χ3v) is 6.60. The molecule has 3 heterocycles. The van der Waals surface area contributed by atoms with E-state index in [9.17, 15) is 13.2 Å². The summed E-state index contributed by atoms with van der Waals surface area (Å²) in [7, 11) is -3.55. The van der Waals surface area contributed by atoms with Gasteiger partial charge in [0, 0.05) is 31.4 Å².